The Kier molecular flexibility index (Phi) is 8.71. The maximum absolute atomic E-state index is 15.2. The van der Waals surface area contributed by atoms with E-state index in [9.17, 15) is 4.79 Å². The van der Waals surface area contributed by atoms with Gasteiger partial charge in [-0.15, -0.1) is 0 Å². The van der Waals surface area contributed by atoms with Crippen molar-refractivity contribution in [1.29, 1.82) is 0 Å². The number of rotatable bonds is 12. The van der Waals surface area contributed by atoms with Crippen LogP contribution in [0.3, 0.4) is 0 Å². The molecule has 1 heterocycles. The van der Waals surface area contributed by atoms with E-state index in [4.69, 9.17) is 9.47 Å². The highest BCUT2D eigenvalue weighted by Gasteiger charge is 2.21. The Hall–Kier alpha value is -4.36. The molecule has 0 aliphatic carbocycles. The topological polar surface area (TPSA) is 62.8 Å². The first-order chi connectivity index (χ1) is 19.2. The molecule has 1 aliphatic rings. The second-order valence-electron chi connectivity index (χ2n) is 9.47. The largest absolute Gasteiger partial charge is 0.489 e. The van der Waals surface area contributed by atoms with Crippen LogP contribution in [0.5, 0.6) is 11.5 Å². The molecule has 0 aromatic heterocycles. The second kappa shape index (κ2) is 12.9. The van der Waals surface area contributed by atoms with E-state index < -0.39 is 0 Å². The van der Waals surface area contributed by atoms with Crippen molar-refractivity contribution in [2.75, 3.05) is 13.1 Å². The minimum Gasteiger partial charge on any atom is -0.489 e. The molecular formula is C32H32FN3O3. The fourth-order valence-corrected chi connectivity index (χ4v) is 4.47. The molecule has 4 aromatic rings. The summed E-state index contributed by atoms with van der Waals surface area (Å²) in [6.07, 6.45) is 0. The minimum atomic E-state index is -0.282. The first-order valence-electron chi connectivity index (χ1n) is 13.1. The van der Waals surface area contributed by atoms with Crippen LogP contribution in [0.1, 0.15) is 27.8 Å². The average Bonchev–Trinajstić information content (AvgIpc) is 3.38. The van der Waals surface area contributed by atoms with Gasteiger partial charge in [-0.2, -0.15) is 0 Å². The molecule has 7 heteroatoms. The van der Waals surface area contributed by atoms with Crippen molar-refractivity contribution < 1.29 is 18.7 Å². The lowest BCUT2D eigenvalue weighted by atomic mass is 10.1. The quantitative estimate of drug-likeness (QED) is 0.246. The summed E-state index contributed by atoms with van der Waals surface area (Å²) in [6, 6.07) is 31.0. The standard InChI is InChI=1S/C32H32FN3O3/c33-31-27(12-7-13-28(31)21-36-17-16-35-32(36)37)20-34-19-26-14-15-29(38-22-24-8-3-1-4-9-24)18-30(26)39-23-25-10-5-2-6-11-25/h1-15,18,34H,16-17,19-23H2,(H,35,37). The molecule has 0 atom stereocenters. The molecule has 1 aliphatic heterocycles. The van der Waals surface area contributed by atoms with E-state index in [1.54, 1.807) is 17.0 Å². The number of halogens is 1. The van der Waals surface area contributed by atoms with Crippen molar-refractivity contribution in [3.63, 3.8) is 0 Å². The van der Waals surface area contributed by atoms with Crippen molar-refractivity contribution >= 4 is 6.03 Å². The van der Waals surface area contributed by atoms with E-state index in [-0.39, 0.29) is 18.4 Å². The number of benzene rings is 4. The van der Waals surface area contributed by atoms with E-state index in [0.29, 0.717) is 56.3 Å². The zero-order valence-electron chi connectivity index (χ0n) is 21.7. The smallest absolute Gasteiger partial charge is 0.317 e. The lowest BCUT2D eigenvalue weighted by molar-refractivity contribution is 0.215. The summed E-state index contributed by atoms with van der Waals surface area (Å²) in [4.78, 5) is 13.5. The molecule has 6 nitrogen and oxygen atoms in total. The van der Waals surface area contributed by atoms with Crippen molar-refractivity contribution in [3.8, 4) is 11.5 Å². The van der Waals surface area contributed by atoms with Crippen LogP contribution in [0, 0.1) is 5.82 Å². The van der Waals surface area contributed by atoms with Crippen molar-refractivity contribution in [2.24, 2.45) is 0 Å². The highest BCUT2D eigenvalue weighted by molar-refractivity contribution is 5.76. The predicted molar refractivity (Wildman–Crippen MR) is 149 cm³/mol. The molecule has 0 bridgehead atoms. The molecule has 0 radical (unpaired) electrons. The number of hydrogen-bond donors (Lipinski definition) is 2. The Labute approximate surface area is 228 Å². The molecule has 2 amide bonds. The highest BCUT2D eigenvalue weighted by Crippen LogP contribution is 2.27. The van der Waals surface area contributed by atoms with Gasteiger partial charge in [0.1, 0.15) is 30.5 Å². The third-order valence-corrected chi connectivity index (χ3v) is 6.62. The maximum atomic E-state index is 15.2. The molecule has 2 N–H and O–H groups in total. The molecule has 0 spiro atoms. The SMILES string of the molecule is O=C1NCCN1Cc1cccc(CNCc2ccc(OCc3ccccc3)cc2OCc2ccccc2)c1F. The summed E-state index contributed by atoms with van der Waals surface area (Å²) < 4.78 is 27.4. The monoisotopic (exact) mass is 525 g/mol. The number of ether oxygens (including phenoxy) is 2. The van der Waals surface area contributed by atoms with E-state index in [0.717, 1.165) is 22.4 Å². The van der Waals surface area contributed by atoms with E-state index >= 15 is 4.39 Å². The summed E-state index contributed by atoms with van der Waals surface area (Å²) in [5, 5.41) is 6.10. The third-order valence-electron chi connectivity index (χ3n) is 6.62. The number of carbonyl (C=O) groups is 1. The van der Waals surface area contributed by atoms with Gasteiger partial charge in [0.05, 0.1) is 6.54 Å². The summed E-state index contributed by atoms with van der Waals surface area (Å²) >= 11 is 0. The van der Waals surface area contributed by atoms with Gasteiger partial charge < -0.3 is 25.0 Å². The van der Waals surface area contributed by atoms with Crippen molar-refractivity contribution in [2.45, 2.75) is 32.8 Å². The second-order valence-corrected chi connectivity index (χ2v) is 9.47. The van der Waals surface area contributed by atoms with Gasteiger partial charge in [-0.1, -0.05) is 84.9 Å². The zero-order valence-corrected chi connectivity index (χ0v) is 21.7. The summed E-state index contributed by atoms with van der Waals surface area (Å²) in [5.41, 5.74) is 4.17. The molecular weight excluding hydrogens is 493 g/mol. The molecule has 1 saturated heterocycles. The average molecular weight is 526 g/mol. The summed E-state index contributed by atoms with van der Waals surface area (Å²) in [6.45, 7) is 3.15. The number of urea groups is 1. The van der Waals surface area contributed by atoms with Gasteiger partial charge in [0.2, 0.25) is 0 Å². The number of nitrogens with zero attached hydrogens (tertiary/aromatic N) is 1. The molecule has 0 saturated carbocycles. The fourth-order valence-electron chi connectivity index (χ4n) is 4.47. The van der Waals surface area contributed by atoms with Gasteiger partial charge in [0.15, 0.2) is 0 Å². The van der Waals surface area contributed by atoms with E-state index in [1.165, 1.54) is 0 Å². The number of hydrogen-bond acceptors (Lipinski definition) is 4. The first-order valence-corrected chi connectivity index (χ1v) is 13.1. The van der Waals surface area contributed by atoms with Crippen LogP contribution in [0.2, 0.25) is 0 Å². The molecule has 200 valence electrons. The van der Waals surface area contributed by atoms with Crippen molar-refractivity contribution in [3.05, 3.63) is 131 Å². The normalized spacial score (nSPS) is 12.8. The van der Waals surface area contributed by atoms with E-state index in [1.807, 2.05) is 84.9 Å². The Morgan fingerprint density at radius 2 is 1.44 bits per heavy atom. The maximum Gasteiger partial charge on any atom is 0.317 e. The lowest BCUT2D eigenvalue weighted by Crippen LogP contribution is -2.28. The molecule has 1 fully saturated rings. The van der Waals surface area contributed by atoms with Crippen LogP contribution < -0.4 is 20.1 Å². The van der Waals surface area contributed by atoms with Crippen LogP contribution in [0.4, 0.5) is 9.18 Å². The lowest BCUT2D eigenvalue weighted by Gasteiger charge is -2.17. The molecule has 4 aromatic carbocycles. The summed E-state index contributed by atoms with van der Waals surface area (Å²) in [5.74, 6) is 1.15. The van der Waals surface area contributed by atoms with Crippen molar-refractivity contribution in [1.82, 2.24) is 15.5 Å². The van der Waals surface area contributed by atoms with Crippen LogP contribution >= 0.6 is 0 Å². The molecule has 0 unspecified atom stereocenters. The number of nitrogens with one attached hydrogen (secondary N) is 2. The van der Waals surface area contributed by atoms with Crippen LogP contribution in [-0.4, -0.2) is 24.0 Å². The molecule has 39 heavy (non-hydrogen) atoms. The number of amides is 2. The van der Waals surface area contributed by atoms with Gasteiger partial charge >= 0.3 is 6.03 Å². The van der Waals surface area contributed by atoms with Crippen LogP contribution in [0.25, 0.3) is 0 Å². The van der Waals surface area contributed by atoms with Gasteiger partial charge in [-0.3, -0.25) is 0 Å². The van der Waals surface area contributed by atoms with Gasteiger partial charge in [0, 0.05) is 48.9 Å². The third kappa shape index (κ3) is 7.15. The summed E-state index contributed by atoms with van der Waals surface area (Å²) in [7, 11) is 0. The number of carbonyl (C=O) groups excluding carboxylic acids is 1. The Bertz CT molecular complexity index is 1380. The highest BCUT2D eigenvalue weighted by atomic mass is 19.1. The Balaban J connectivity index is 1.25. The van der Waals surface area contributed by atoms with E-state index in [2.05, 4.69) is 10.6 Å². The van der Waals surface area contributed by atoms with Crippen LogP contribution in [-0.2, 0) is 32.8 Å². The Morgan fingerprint density at radius 1 is 0.769 bits per heavy atom. The zero-order chi connectivity index (χ0) is 26.9. The predicted octanol–water partition coefficient (Wildman–Crippen LogP) is 5.80. The minimum absolute atomic E-state index is 0.155. The van der Waals surface area contributed by atoms with Gasteiger partial charge in [0.25, 0.3) is 0 Å². The fraction of sp³-hybridized carbons (Fsp3) is 0.219. The van der Waals surface area contributed by atoms with Crippen LogP contribution in [0.15, 0.2) is 97.1 Å². The van der Waals surface area contributed by atoms with Gasteiger partial charge in [-0.05, 0) is 17.2 Å². The Morgan fingerprint density at radius 3 is 2.13 bits per heavy atom. The van der Waals surface area contributed by atoms with Gasteiger partial charge in [-0.25, -0.2) is 9.18 Å². The first kappa shape index (κ1) is 26.3. The molecule has 5 rings (SSSR count).